The highest BCUT2D eigenvalue weighted by atomic mass is 16.5. The fourth-order valence-corrected chi connectivity index (χ4v) is 1.67. The fourth-order valence-electron chi connectivity index (χ4n) is 1.67. The van der Waals surface area contributed by atoms with E-state index in [9.17, 15) is 4.79 Å². The Morgan fingerprint density at radius 1 is 1.44 bits per heavy atom. The molecule has 0 N–H and O–H groups in total. The maximum Gasteiger partial charge on any atom is 0.320 e. The smallest absolute Gasteiger partial charge is 0.320 e. The maximum absolute atomic E-state index is 11.4. The first-order chi connectivity index (χ1) is 8.69. The van der Waals surface area contributed by atoms with Gasteiger partial charge in [-0.2, -0.15) is 5.26 Å². The molecule has 0 fully saturated rings. The largest absolute Gasteiger partial charge is 0.465 e. The van der Waals surface area contributed by atoms with Crippen molar-refractivity contribution in [2.24, 2.45) is 0 Å². The number of esters is 1. The molecule has 1 aromatic rings. The maximum atomic E-state index is 11.4. The molecule has 0 aliphatic rings. The summed E-state index contributed by atoms with van der Waals surface area (Å²) in [5.74, 6) is -0.212. The molecule has 0 heterocycles. The van der Waals surface area contributed by atoms with Crippen LogP contribution in [0.15, 0.2) is 24.3 Å². The van der Waals surface area contributed by atoms with E-state index in [1.807, 2.05) is 30.0 Å². The normalized spacial score (nSPS) is 10.1. The average Bonchev–Trinajstić information content (AvgIpc) is 2.38. The first-order valence-corrected chi connectivity index (χ1v) is 6.06. The molecule has 18 heavy (non-hydrogen) atoms. The summed E-state index contributed by atoms with van der Waals surface area (Å²) >= 11 is 0. The zero-order valence-electron chi connectivity index (χ0n) is 10.8. The van der Waals surface area contributed by atoms with E-state index in [0.29, 0.717) is 18.7 Å². The number of likely N-dealkylation sites (N-methyl/N-ethyl adjacent to an activating group) is 1. The van der Waals surface area contributed by atoms with Crippen molar-refractivity contribution in [2.75, 3.05) is 19.7 Å². The van der Waals surface area contributed by atoms with Gasteiger partial charge in [0, 0.05) is 6.54 Å². The van der Waals surface area contributed by atoms with Crippen LogP contribution in [0, 0.1) is 11.3 Å². The van der Waals surface area contributed by atoms with Crippen molar-refractivity contribution in [1.29, 1.82) is 5.26 Å². The van der Waals surface area contributed by atoms with E-state index in [1.165, 1.54) is 0 Å². The van der Waals surface area contributed by atoms with Gasteiger partial charge in [0.2, 0.25) is 0 Å². The third-order valence-electron chi connectivity index (χ3n) is 2.57. The molecule has 0 amide bonds. The topological polar surface area (TPSA) is 53.3 Å². The van der Waals surface area contributed by atoms with E-state index in [4.69, 9.17) is 10.00 Å². The Morgan fingerprint density at radius 2 is 2.22 bits per heavy atom. The zero-order valence-corrected chi connectivity index (χ0v) is 10.8. The molecule has 0 saturated carbocycles. The lowest BCUT2D eigenvalue weighted by Crippen LogP contribution is -2.30. The molecule has 0 unspecified atom stereocenters. The van der Waals surface area contributed by atoms with Crippen LogP contribution in [0.4, 0.5) is 0 Å². The first kappa shape index (κ1) is 14.2. The Kier molecular flexibility index (Phi) is 5.89. The van der Waals surface area contributed by atoms with Crippen molar-refractivity contribution in [3.8, 4) is 6.07 Å². The Labute approximate surface area is 108 Å². The molecule has 1 aromatic carbocycles. The highest BCUT2D eigenvalue weighted by Crippen LogP contribution is 2.07. The molecular weight excluding hydrogens is 228 g/mol. The number of nitriles is 1. The van der Waals surface area contributed by atoms with Crippen LogP contribution in [0.5, 0.6) is 0 Å². The Bertz CT molecular complexity index is 438. The van der Waals surface area contributed by atoms with Gasteiger partial charge in [-0.3, -0.25) is 9.69 Å². The van der Waals surface area contributed by atoms with Gasteiger partial charge in [-0.1, -0.05) is 19.1 Å². The van der Waals surface area contributed by atoms with E-state index in [-0.39, 0.29) is 12.5 Å². The van der Waals surface area contributed by atoms with Gasteiger partial charge in [0.15, 0.2) is 0 Å². The minimum atomic E-state index is -0.212. The van der Waals surface area contributed by atoms with E-state index >= 15 is 0 Å². The summed E-state index contributed by atoms with van der Waals surface area (Å²) in [6.45, 7) is 5.87. The second kappa shape index (κ2) is 7.46. The Hall–Kier alpha value is -1.86. The van der Waals surface area contributed by atoms with Crippen LogP contribution in [0.3, 0.4) is 0 Å². The van der Waals surface area contributed by atoms with Gasteiger partial charge in [-0.25, -0.2) is 0 Å². The number of carbonyl (C=O) groups is 1. The molecule has 0 radical (unpaired) electrons. The number of ether oxygens (including phenoxy) is 1. The Balaban J connectivity index is 2.62. The molecule has 96 valence electrons. The monoisotopic (exact) mass is 246 g/mol. The first-order valence-electron chi connectivity index (χ1n) is 6.06. The van der Waals surface area contributed by atoms with Gasteiger partial charge >= 0.3 is 5.97 Å². The number of benzene rings is 1. The van der Waals surface area contributed by atoms with E-state index in [0.717, 1.165) is 12.1 Å². The lowest BCUT2D eigenvalue weighted by atomic mass is 10.1. The van der Waals surface area contributed by atoms with Crippen LogP contribution in [-0.4, -0.2) is 30.6 Å². The highest BCUT2D eigenvalue weighted by Gasteiger charge is 2.10. The van der Waals surface area contributed by atoms with Crippen LogP contribution in [0.2, 0.25) is 0 Å². The Morgan fingerprint density at radius 3 is 2.83 bits per heavy atom. The van der Waals surface area contributed by atoms with Crippen LogP contribution in [0.1, 0.15) is 25.0 Å². The average molecular weight is 246 g/mol. The number of carbonyl (C=O) groups excluding carboxylic acids is 1. The van der Waals surface area contributed by atoms with Crippen LogP contribution in [0.25, 0.3) is 0 Å². The van der Waals surface area contributed by atoms with Crippen molar-refractivity contribution in [3.63, 3.8) is 0 Å². The minimum Gasteiger partial charge on any atom is -0.465 e. The van der Waals surface area contributed by atoms with Crippen LogP contribution in [-0.2, 0) is 16.1 Å². The molecule has 0 atom stereocenters. The molecule has 1 rings (SSSR count). The molecule has 0 aromatic heterocycles. The second-order valence-electron chi connectivity index (χ2n) is 3.92. The van der Waals surface area contributed by atoms with E-state index in [1.54, 1.807) is 13.0 Å². The number of hydrogen-bond donors (Lipinski definition) is 0. The molecule has 0 aliphatic heterocycles. The van der Waals surface area contributed by atoms with Crippen molar-refractivity contribution in [3.05, 3.63) is 35.4 Å². The van der Waals surface area contributed by atoms with Gasteiger partial charge in [0.1, 0.15) is 0 Å². The van der Waals surface area contributed by atoms with Crippen molar-refractivity contribution < 1.29 is 9.53 Å². The molecule has 0 aliphatic carbocycles. The summed E-state index contributed by atoms with van der Waals surface area (Å²) in [4.78, 5) is 13.4. The summed E-state index contributed by atoms with van der Waals surface area (Å²) in [7, 11) is 0. The molecule has 0 spiro atoms. The fraction of sp³-hybridized carbons (Fsp3) is 0.429. The third kappa shape index (κ3) is 4.56. The van der Waals surface area contributed by atoms with Gasteiger partial charge in [0.05, 0.1) is 24.8 Å². The van der Waals surface area contributed by atoms with Gasteiger partial charge in [0.25, 0.3) is 0 Å². The quantitative estimate of drug-likeness (QED) is 0.720. The molecule has 0 saturated heterocycles. The van der Waals surface area contributed by atoms with Crippen molar-refractivity contribution >= 4 is 5.97 Å². The predicted octanol–water partition coefficient (Wildman–Crippen LogP) is 1.94. The number of nitrogens with zero attached hydrogens (tertiary/aromatic N) is 2. The predicted molar refractivity (Wildman–Crippen MR) is 68.7 cm³/mol. The summed E-state index contributed by atoms with van der Waals surface area (Å²) in [6.07, 6.45) is 0. The van der Waals surface area contributed by atoms with Crippen LogP contribution >= 0.6 is 0 Å². The standard InChI is InChI=1S/C14H18N2O2/c1-3-16(11-14(17)18-4-2)10-13-7-5-6-12(8-13)9-15/h5-8H,3-4,10-11H2,1-2H3. The van der Waals surface area contributed by atoms with Gasteiger partial charge < -0.3 is 4.74 Å². The van der Waals surface area contributed by atoms with Gasteiger partial charge in [-0.15, -0.1) is 0 Å². The summed E-state index contributed by atoms with van der Waals surface area (Å²) < 4.78 is 4.92. The molecular formula is C14H18N2O2. The minimum absolute atomic E-state index is 0.212. The van der Waals surface area contributed by atoms with Crippen molar-refractivity contribution in [2.45, 2.75) is 20.4 Å². The second-order valence-corrected chi connectivity index (χ2v) is 3.92. The molecule has 4 heteroatoms. The van der Waals surface area contributed by atoms with E-state index in [2.05, 4.69) is 6.07 Å². The van der Waals surface area contributed by atoms with Crippen molar-refractivity contribution in [1.82, 2.24) is 4.90 Å². The lowest BCUT2D eigenvalue weighted by Gasteiger charge is -2.19. The highest BCUT2D eigenvalue weighted by molar-refractivity contribution is 5.71. The van der Waals surface area contributed by atoms with Crippen LogP contribution < -0.4 is 0 Å². The third-order valence-corrected chi connectivity index (χ3v) is 2.57. The number of hydrogen-bond acceptors (Lipinski definition) is 4. The summed E-state index contributed by atoms with van der Waals surface area (Å²) in [5, 5.41) is 8.83. The molecule has 4 nitrogen and oxygen atoms in total. The summed E-state index contributed by atoms with van der Waals surface area (Å²) in [5.41, 5.74) is 1.67. The molecule has 0 bridgehead atoms. The zero-order chi connectivity index (χ0) is 13.4. The van der Waals surface area contributed by atoms with E-state index < -0.39 is 0 Å². The lowest BCUT2D eigenvalue weighted by molar-refractivity contribution is -0.144. The summed E-state index contributed by atoms with van der Waals surface area (Å²) in [6, 6.07) is 9.53. The van der Waals surface area contributed by atoms with Gasteiger partial charge in [-0.05, 0) is 31.2 Å². The number of rotatable bonds is 6. The SMILES string of the molecule is CCOC(=O)CN(CC)Cc1cccc(C#N)c1.